The minimum Gasteiger partial charge on any atom is -0.726 e. The predicted octanol–water partition coefficient (Wildman–Crippen LogP) is -3.93. The summed E-state index contributed by atoms with van der Waals surface area (Å²) in [5.41, 5.74) is 0. The third-order valence-electron chi connectivity index (χ3n) is 3.74. The molecule has 2 aliphatic rings. The number of phosphoric ester groups is 1. The van der Waals surface area contributed by atoms with Crippen LogP contribution in [0, 0.1) is 0 Å². The molecule has 2 saturated heterocycles. The van der Waals surface area contributed by atoms with Crippen molar-refractivity contribution in [2.75, 3.05) is 27.9 Å². The summed E-state index contributed by atoms with van der Waals surface area (Å²) in [4.78, 5) is 12.0. The molecule has 0 N–H and O–H groups in total. The van der Waals surface area contributed by atoms with E-state index in [0.29, 0.717) is 0 Å². The van der Waals surface area contributed by atoms with Crippen molar-refractivity contribution in [1.29, 1.82) is 0 Å². The van der Waals surface area contributed by atoms with Crippen LogP contribution in [-0.4, -0.2) is 77.4 Å². The quantitative estimate of drug-likeness (QED) is 0.160. The molecule has 0 aromatic carbocycles. The number of fused-ring (bicyclic) bond motifs is 1. The van der Waals surface area contributed by atoms with Crippen molar-refractivity contribution in [1.82, 2.24) is 0 Å². The fourth-order valence-electron chi connectivity index (χ4n) is 2.74. The standard InChI is InChI=1S/C12H23O12PS.Li/c1-12(2)22-9-8(24-26(14,15)16)7(6-20-25(13,18-4)19-5)21-11(17-3)10(9)23-12;/h7-11H,6H2,1-5H3,(H,14,15,16);/q;+1/p-1/t7-,8-,9+,10+,11+;/m1./s1. The minimum absolute atomic E-state index is 0. The Kier molecular flexibility index (Phi) is 9.10. The van der Waals surface area contributed by atoms with Crippen LogP contribution in [0.1, 0.15) is 13.8 Å². The molecule has 0 amide bonds. The van der Waals surface area contributed by atoms with Crippen molar-refractivity contribution in [3.05, 3.63) is 0 Å². The van der Waals surface area contributed by atoms with E-state index in [2.05, 4.69) is 13.2 Å². The van der Waals surface area contributed by atoms with Gasteiger partial charge in [0.05, 0.1) is 14.2 Å². The van der Waals surface area contributed by atoms with Gasteiger partial charge in [0.25, 0.3) is 0 Å². The van der Waals surface area contributed by atoms with Crippen molar-refractivity contribution in [2.24, 2.45) is 0 Å². The van der Waals surface area contributed by atoms with Gasteiger partial charge in [-0.1, -0.05) is 0 Å². The number of phosphoric acid groups is 1. The number of rotatable bonds is 8. The van der Waals surface area contributed by atoms with E-state index in [-0.39, 0.29) is 18.9 Å². The average Bonchev–Trinajstić information content (AvgIpc) is 2.88. The van der Waals surface area contributed by atoms with E-state index in [1.54, 1.807) is 13.8 Å². The van der Waals surface area contributed by atoms with Gasteiger partial charge in [0.1, 0.15) is 31.0 Å². The first-order valence-corrected chi connectivity index (χ1v) is 10.3. The Labute approximate surface area is 170 Å². The molecule has 0 spiro atoms. The second-order valence-electron chi connectivity index (χ2n) is 5.92. The SMILES string of the molecule is CO[C@H]1O[C@H](CO[P+]([O-])(OC)OC)[C@@H](OS(=O)(=O)[O-])[C@@H]2OC(C)(C)O[C@H]12.[Li+]. The van der Waals surface area contributed by atoms with Gasteiger partial charge in [0, 0.05) is 7.11 Å². The molecule has 0 saturated carbocycles. The van der Waals surface area contributed by atoms with E-state index in [9.17, 15) is 17.9 Å². The van der Waals surface area contributed by atoms with Gasteiger partial charge in [-0.15, -0.1) is 0 Å². The molecule has 27 heavy (non-hydrogen) atoms. The van der Waals surface area contributed by atoms with Gasteiger partial charge in [-0.3, -0.25) is 4.18 Å². The molecule has 0 aromatic rings. The van der Waals surface area contributed by atoms with E-state index in [0.717, 1.165) is 14.2 Å². The maximum Gasteiger partial charge on any atom is 1.00 e. The van der Waals surface area contributed by atoms with Gasteiger partial charge in [0.2, 0.25) is 10.4 Å². The summed E-state index contributed by atoms with van der Waals surface area (Å²) in [7, 11) is -5.45. The maximum atomic E-state index is 12.0. The van der Waals surface area contributed by atoms with Crippen LogP contribution in [0.3, 0.4) is 0 Å². The summed E-state index contributed by atoms with van der Waals surface area (Å²) >= 11 is 0. The molecule has 154 valence electrons. The molecule has 0 radical (unpaired) electrons. The van der Waals surface area contributed by atoms with E-state index in [1.807, 2.05) is 0 Å². The summed E-state index contributed by atoms with van der Waals surface area (Å²) < 4.78 is 74.5. The molecule has 2 heterocycles. The minimum atomic E-state index is -5.12. The zero-order valence-electron chi connectivity index (χ0n) is 15.8. The Morgan fingerprint density at radius 1 is 1.11 bits per heavy atom. The van der Waals surface area contributed by atoms with Crippen LogP contribution >= 0.6 is 8.17 Å². The second kappa shape index (κ2) is 9.59. The zero-order valence-corrected chi connectivity index (χ0v) is 17.6. The number of hydrogen-bond acceptors (Lipinski definition) is 12. The molecule has 0 unspecified atom stereocenters. The molecule has 0 bridgehead atoms. The van der Waals surface area contributed by atoms with Crippen molar-refractivity contribution < 1.29 is 73.4 Å². The van der Waals surface area contributed by atoms with Gasteiger partial charge >= 0.3 is 27.0 Å². The van der Waals surface area contributed by atoms with Gasteiger partial charge in [-0.05, 0) is 13.8 Å². The average molecular weight is 428 g/mol. The van der Waals surface area contributed by atoms with E-state index < -0.39 is 61.7 Å². The van der Waals surface area contributed by atoms with Crippen LogP contribution in [0.15, 0.2) is 0 Å². The van der Waals surface area contributed by atoms with Crippen LogP contribution < -0.4 is 23.8 Å². The molecular formula is C12H22LiO12PS. The Morgan fingerprint density at radius 3 is 2.15 bits per heavy atom. The number of hydrogen-bond donors (Lipinski definition) is 0. The van der Waals surface area contributed by atoms with Crippen LogP contribution in [0.25, 0.3) is 0 Å². The Hall–Kier alpha value is 0.577. The van der Waals surface area contributed by atoms with Gasteiger partial charge in [0.15, 0.2) is 12.1 Å². The zero-order chi connectivity index (χ0) is 19.8. The molecule has 5 atom stereocenters. The largest absolute Gasteiger partial charge is 1.00 e. The van der Waals surface area contributed by atoms with Gasteiger partial charge < -0.3 is 28.4 Å². The van der Waals surface area contributed by atoms with Crippen molar-refractivity contribution in [2.45, 2.75) is 50.3 Å². The topological polar surface area (TPSA) is 154 Å². The smallest absolute Gasteiger partial charge is 0.726 e. The molecule has 2 aliphatic heterocycles. The molecule has 0 aromatic heterocycles. The Morgan fingerprint density at radius 2 is 1.67 bits per heavy atom. The van der Waals surface area contributed by atoms with E-state index in [1.165, 1.54) is 7.11 Å². The van der Waals surface area contributed by atoms with E-state index in [4.69, 9.17) is 23.5 Å². The number of methoxy groups -OCH3 is 1. The monoisotopic (exact) mass is 428 g/mol. The van der Waals surface area contributed by atoms with Gasteiger partial charge in [-0.2, -0.15) is 13.6 Å². The summed E-state index contributed by atoms with van der Waals surface area (Å²) in [5, 5.41) is 0. The molecule has 12 nitrogen and oxygen atoms in total. The van der Waals surface area contributed by atoms with Gasteiger partial charge in [-0.25, -0.2) is 8.42 Å². The van der Waals surface area contributed by atoms with Crippen LogP contribution in [0.4, 0.5) is 0 Å². The van der Waals surface area contributed by atoms with Crippen LogP contribution in [-0.2, 0) is 47.1 Å². The van der Waals surface area contributed by atoms with Crippen molar-refractivity contribution in [3.63, 3.8) is 0 Å². The summed E-state index contributed by atoms with van der Waals surface area (Å²) in [6.07, 6.45) is -5.51. The molecule has 0 aliphatic carbocycles. The summed E-state index contributed by atoms with van der Waals surface area (Å²) in [6, 6.07) is 0. The molecule has 2 rings (SSSR count). The fraction of sp³-hybridized carbons (Fsp3) is 1.00. The first-order valence-electron chi connectivity index (χ1n) is 7.47. The third-order valence-corrected chi connectivity index (χ3v) is 5.55. The van der Waals surface area contributed by atoms with Crippen molar-refractivity contribution in [3.8, 4) is 0 Å². The van der Waals surface area contributed by atoms with Crippen LogP contribution in [0.5, 0.6) is 0 Å². The number of ether oxygens (including phenoxy) is 4. The van der Waals surface area contributed by atoms with Crippen molar-refractivity contribution >= 4 is 18.6 Å². The first-order chi connectivity index (χ1) is 11.9. The maximum absolute atomic E-state index is 12.0. The Bertz CT molecular complexity index is 585. The molecule has 15 heteroatoms. The predicted molar refractivity (Wildman–Crippen MR) is 81.0 cm³/mol. The van der Waals surface area contributed by atoms with Crippen LogP contribution in [0.2, 0.25) is 0 Å². The summed E-state index contributed by atoms with van der Waals surface area (Å²) in [6.45, 7) is 2.69. The molecule has 2 fully saturated rings. The Balaban J connectivity index is 0.00000364. The second-order valence-corrected chi connectivity index (χ2v) is 8.81. The third kappa shape index (κ3) is 6.53. The summed E-state index contributed by atoms with van der Waals surface area (Å²) in [5.74, 6) is -1.10. The van der Waals surface area contributed by atoms with E-state index >= 15 is 0 Å². The fourth-order valence-corrected chi connectivity index (χ4v) is 3.94. The first kappa shape index (κ1) is 25.6. The molecular weight excluding hydrogens is 406 g/mol. The normalized spacial score (nSPS) is 33.4.